The molecule has 0 bridgehead atoms. The maximum Gasteiger partial charge on any atom is 0.149 e. The van der Waals surface area contributed by atoms with E-state index in [4.69, 9.17) is 4.89 Å². The molecule has 62 valence electrons. The first-order chi connectivity index (χ1) is 5.50. The van der Waals surface area contributed by atoms with Crippen LogP contribution in [0.2, 0.25) is 0 Å². The quantitative estimate of drug-likeness (QED) is 0.504. The van der Waals surface area contributed by atoms with Crippen LogP contribution < -0.4 is 0 Å². The summed E-state index contributed by atoms with van der Waals surface area (Å²) in [6, 6.07) is 0. The van der Waals surface area contributed by atoms with E-state index in [0.29, 0.717) is 6.61 Å². The first kappa shape index (κ1) is 8.20. The molecular formula is C7H12N2O2. The molecule has 1 rings (SSSR count). The van der Waals surface area contributed by atoms with Crippen LogP contribution in [-0.2, 0) is 9.78 Å². The molecule has 0 fully saturated rings. The van der Waals surface area contributed by atoms with Crippen LogP contribution in [0.3, 0.4) is 0 Å². The van der Waals surface area contributed by atoms with Gasteiger partial charge in [0.25, 0.3) is 0 Å². The van der Waals surface area contributed by atoms with Crippen LogP contribution in [0.1, 0.15) is 19.3 Å². The van der Waals surface area contributed by atoms with E-state index in [9.17, 15) is 0 Å². The third-order valence-electron chi connectivity index (χ3n) is 1.32. The lowest BCUT2D eigenvalue weighted by molar-refractivity contribution is -0.249. The summed E-state index contributed by atoms with van der Waals surface area (Å²) >= 11 is 0. The van der Waals surface area contributed by atoms with Crippen molar-refractivity contribution in [2.24, 2.45) is 10.2 Å². The van der Waals surface area contributed by atoms with Gasteiger partial charge < -0.3 is 4.89 Å². The maximum atomic E-state index is 4.78. The summed E-state index contributed by atoms with van der Waals surface area (Å²) in [5, 5.41) is 7.59. The molecule has 0 aromatic rings. The van der Waals surface area contributed by atoms with Gasteiger partial charge in [-0.2, -0.15) is 15.1 Å². The Morgan fingerprint density at radius 1 is 1.18 bits per heavy atom. The zero-order valence-electron chi connectivity index (χ0n) is 6.40. The Kier molecular flexibility index (Phi) is 4.36. The van der Waals surface area contributed by atoms with Crippen molar-refractivity contribution in [3.63, 3.8) is 0 Å². The van der Waals surface area contributed by atoms with Gasteiger partial charge in [-0.15, -0.1) is 0 Å². The standard InChI is InChI=1S/C7H12N2O2/c1-2-4-8-9-5-7-11-10-6-3-1/h5,7H,1-4,6H2/b7-5-,9-8?. The number of hydrogen-bond donors (Lipinski definition) is 0. The minimum absolute atomic E-state index is 0.643. The van der Waals surface area contributed by atoms with E-state index in [-0.39, 0.29) is 0 Å². The van der Waals surface area contributed by atoms with E-state index in [0.717, 1.165) is 25.8 Å². The van der Waals surface area contributed by atoms with Crippen molar-refractivity contribution in [2.45, 2.75) is 19.3 Å². The van der Waals surface area contributed by atoms with Crippen molar-refractivity contribution in [3.8, 4) is 0 Å². The minimum atomic E-state index is 0.643. The van der Waals surface area contributed by atoms with Crippen LogP contribution >= 0.6 is 0 Å². The third kappa shape index (κ3) is 4.50. The van der Waals surface area contributed by atoms with Crippen LogP contribution in [0, 0.1) is 0 Å². The van der Waals surface area contributed by atoms with E-state index in [1.54, 1.807) is 0 Å². The lowest BCUT2D eigenvalue weighted by Gasteiger charge is -1.98. The Labute approximate surface area is 65.8 Å². The van der Waals surface area contributed by atoms with Gasteiger partial charge in [0.05, 0.1) is 19.4 Å². The van der Waals surface area contributed by atoms with Crippen molar-refractivity contribution in [3.05, 3.63) is 12.5 Å². The molecule has 1 aliphatic heterocycles. The number of nitrogens with zero attached hydrogens (tertiary/aromatic N) is 2. The Morgan fingerprint density at radius 3 is 3.18 bits per heavy atom. The Balaban J connectivity index is 2.22. The van der Waals surface area contributed by atoms with E-state index in [1.807, 2.05) is 0 Å². The molecule has 0 N–H and O–H groups in total. The van der Waals surface area contributed by atoms with Crippen LogP contribution in [0.25, 0.3) is 0 Å². The predicted octanol–water partition coefficient (Wildman–Crippen LogP) is 2.04. The number of rotatable bonds is 0. The molecule has 0 atom stereocenters. The summed E-state index contributed by atoms with van der Waals surface area (Å²) in [5.41, 5.74) is 0. The second-order valence-electron chi connectivity index (χ2n) is 2.24. The van der Waals surface area contributed by atoms with E-state index >= 15 is 0 Å². The predicted molar refractivity (Wildman–Crippen MR) is 39.8 cm³/mol. The third-order valence-corrected chi connectivity index (χ3v) is 1.32. The van der Waals surface area contributed by atoms with Crippen molar-refractivity contribution in [2.75, 3.05) is 13.2 Å². The monoisotopic (exact) mass is 156 g/mol. The van der Waals surface area contributed by atoms with Crippen LogP contribution in [0.5, 0.6) is 0 Å². The lowest BCUT2D eigenvalue weighted by atomic mass is 10.2. The fourth-order valence-electron chi connectivity index (χ4n) is 0.765. The van der Waals surface area contributed by atoms with Gasteiger partial charge in [-0.1, -0.05) is 0 Å². The first-order valence-electron chi connectivity index (χ1n) is 3.80. The Hall–Kier alpha value is -0.900. The summed E-state index contributed by atoms with van der Waals surface area (Å²) in [6.07, 6.45) is 6.06. The molecule has 0 spiro atoms. The van der Waals surface area contributed by atoms with Crippen molar-refractivity contribution in [1.82, 2.24) is 0 Å². The Morgan fingerprint density at radius 2 is 2.18 bits per heavy atom. The fraction of sp³-hybridized carbons (Fsp3) is 0.714. The van der Waals surface area contributed by atoms with Crippen molar-refractivity contribution >= 4 is 0 Å². The minimum Gasteiger partial charge on any atom is -0.344 e. The fourth-order valence-corrected chi connectivity index (χ4v) is 0.765. The SMILES string of the molecule is C1=C\OOCCCCCN=N/1. The van der Waals surface area contributed by atoms with Gasteiger partial charge in [0, 0.05) is 0 Å². The zero-order valence-corrected chi connectivity index (χ0v) is 6.40. The molecule has 0 unspecified atom stereocenters. The van der Waals surface area contributed by atoms with E-state index < -0.39 is 0 Å². The number of hydrogen-bond acceptors (Lipinski definition) is 4. The molecule has 4 heteroatoms. The van der Waals surface area contributed by atoms with Gasteiger partial charge in [0.1, 0.15) is 6.26 Å². The van der Waals surface area contributed by atoms with Gasteiger partial charge in [0.15, 0.2) is 0 Å². The molecule has 0 aromatic carbocycles. The molecular weight excluding hydrogens is 144 g/mol. The van der Waals surface area contributed by atoms with Gasteiger partial charge in [0.2, 0.25) is 0 Å². The molecule has 0 saturated carbocycles. The summed E-state index contributed by atoms with van der Waals surface area (Å²) < 4.78 is 0. The molecule has 1 heterocycles. The van der Waals surface area contributed by atoms with E-state index in [1.165, 1.54) is 12.5 Å². The molecule has 0 aliphatic carbocycles. The smallest absolute Gasteiger partial charge is 0.149 e. The zero-order chi connectivity index (χ0) is 7.78. The van der Waals surface area contributed by atoms with E-state index in [2.05, 4.69) is 15.1 Å². The van der Waals surface area contributed by atoms with Crippen molar-refractivity contribution in [1.29, 1.82) is 0 Å². The van der Waals surface area contributed by atoms with Gasteiger partial charge in [-0.25, -0.2) is 0 Å². The van der Waals surface area contributed by atoms with Crippen LogP contribution in [0.4, 0.5) is 0 Å². The van der Waals surface area contributed by atoms with Crippen LogP contribution in [0.15, 0.2) is 22.7 Å². The highest BCUT2D eigenvalue weighted by Gasteiger charge is 1.90. The summed E-state index contributed by atoms with van der Waals surface area (Å²) in [6.45, 7) is 1.44. The molecule has 1 aliphatic rings. The second kappa shape index (κ2) is 5.85. The molecule has 0 aromatic heterocycles. The first-order valence-corrected chi connectivity index (χ1v) is 3.80. The average Bonchev–Trinajstić information content (AvgIpc) is 2.08. The summed E-state index contributed by atoms with van der Waals surface area (Å²) in [5.74, 6) is 0. The summed E-state index contributed by atoms with van der Waals surface area (Å²) in [7, 11) is 0. The highest BCUT2D eigenvalue weighted by Crippen LogP contribution is 1.98. The molecule has 0 saturated heterocycles. The summed E-state index contributed by atoms with van der Waals surface area (Å²) in [4.78, 5) is 9.41. The molecule has 4 nitrogen and oxygen atoms in total. The highest BCUT2D eigenvalue weighted by molar-refractivity contribution is 4.66. The number of azo groups is 1. The second-order valence-corrected chi connectivity index (χ2v) is 2.24. The van der Waals surface area contributed by atoms with Crippen LogP contribution in [-0.4, -0.2) is 13.2 Å². The normalized spacial score (nSPS) is 23.3. The average molecular weight is 156 g/mol. The van der Waals surface area contributed by atoms with Gasteiger partial charge in [-0.05, 0) is 19.3 Å². The lowest BCUT2D eigenvalue weighted by Crippen LogP contribution is -1.92. The van der Waals surface area contributed by atoms with Gasteiger partial charge in [-0.3, -0.25) is 0 Å². The highest BCUT2D eigenvalue weighted by atomic mass is 17.2. The van der Waals surface area contributed by atoms with Crippen molar-refractivity contribution < 1.29 is 9.78 Å². The topological polar surface area (TPSA) is 43.2 Å². The molecule has 0 amide bonds. The Bertz CT molecular complexity index is 129. The molecule has 11 heavy (non-hydrogen) atoms. The largest absolute Gasteiger partial charge is 0.344 e. The molecule has 0 radical (unpaired) electrons. The maximum absolute atomic E-state index is 4.78. The van der Waals surface area contributed by atoms with Gasteiger partial charge >= 0.3 is 0 Å².